The molecular formula is C19H22N4O6. The van der Waals surface area contributed by atoms with Crippen molar-refractivity contribution in [2.75, 3.05) is 13.3 Å². The number of fused-ring (bicyclic) bond motifs is 1. The van der Waals surface area contributed by atoms with Crippen LogP contribution in [0.1, 0.15) is 50.0 Å². The highest BCUT2D eigenvalue weighted by Gasteiger charge is 2.47. The Kier molecular flexibility index (Phi) is 5.04. The van der Waals surface area contributed by atoms with Gasteiger partial charge in [0, 0.05) is 12.6 Å². The highest BCUT2D eigenvalue weighted by atomic mass is 16.5. The van der Waals surface area contributed by atoms with Crippen molar-refractivity contribution in [2.45, 2.75) is 33.7 Å². The van der Waals surface area contributed by atoms with Gasteiger partial charge >= 0.3 is 12.0 Å². The number of urea groups is 1. The van der Waals surface area contributed by atoms with Crippen LogP contribution in [0.25, 0.3) is 11.1 Å². The van der Waals surface area contributed by atoms with Gasteiger partial charge in [-0.2, -0.15) is 0 Å². The molecule has 0 spiro atoms. The first-order chi connectivity index (χ1) is 13.5. The fourth-order valence-electron chi connectivity index (χ4n) is 2.90. The van der Waals surface area contributed by atoms with E-state index >= 15 is 0 Å². The van der Waals surface area contributed by atoms with Crippen LogP contribution in [0.15, 0.2) is 22.6 Å². The minimum atomic E-state index is -1.11. The van der Waals surface area contributed by atoms with Gasteiger partial charge in [-0.1, -0.05) is 0 Å². The summed E-state index contributed by atoms with van der Waals surface area (Å²) in [5, 5.41) is 0. The molecule has 1 fully saturated rings. The molecule has 1 saturated heterocycles. The zero-order chi connectivity index (χ0) is 21.5. The lowest BCUT2D eigenvalue weighted by molar-refractivity contribution is -0.157. The number of primary amides is 1. The molecule has 0 aromatic carbocycles. The Morgan fingerprint density at radius 3 is 2.55 bits per heavy atom. The van der Waals surface area contributed by atoms with Crippen LogP contribution >= 0.6 is 0 Å². The largest absolute Gasteiger partial charge is 0.457 e. The second-order valence-corrected chi connectivity index (χ2v) is 7.64. The quantitative estimate of drug-likeness (QED) is 0.595. The van der Waals surface area contributed by atoms with E-state index in [1.54, 1.807) is 27.7 Å². The van der Waals surface area contributed by atoms with Gasteiger partial charge in [-0.25, -0.2) is 9.78 Å². The van der Waals surface area contributed by atoms with E-state index in [4.69, 9.17) is 14.9 Å². The maximum absolute atomic E-state index is 12.8. The van der Waals surface area contributed by atoms with Gasteiger partial charge in [-0.3, -0.25) is 24.2 Å². The molecular weight excluding hydrogens is 380 g/mol. The Labute approximate surface area is 166 Å². The van der Waals surface area contributed by atoms with E-state index in [0.717, 1.165) is 9.80 Å². The van der Waals surface area contributed by atoms with Crippen molar-refractivity contribution in [3.8, 4) is 0 Å². The standard InChI is InChI=1S/C19H22N4O6/c1-5-22-16(25)14(23(18(22)27)9-28-17(26)19(2,3)4)13-8-11-12(29-13)7-6-10(21-11)15(20)24/h6-8,14H,5,9H2,1-4H3,(H2,20,24)/t14-/m0/s1. The molecule has 29 heavy (non-hydrogen) atoms. The van der Waals surface area contributed by atoms with E-state index in [0.29, 0.717) is 11.1 Å². The molecule has 0 bridgehead atoms. The van der Waals surface area contributed by atoms with E-state index in [2.05, 4.69) is 4.98 Å². The number of aromatic nitrogens is 1. The molecule has 2 aromatic rings. The summed E-state index contributed by atoms with van der Waals surface area (Å²) in [7, 11) is 0. The Hall–Kier alpha value is -3.43. The number of carbonyl (C=O) groups excluding carboxylic acids is 4. The molecule has 1 atom stereocenters. The Bertz CT molecular complexity index is 1010. The second-order valence-electron chi connectivity index (χ2n) is 7.64. The van der Waals surface area contributed by atoms with E-state index in [1.807, 2.05) is 0 Å². The summed E-state index contributed by atoms with van der Waals surface area (Å²) in [6.07, 6.45) is 0. The van der Waals surface area contributed by atoms with Crippen molar-refractivity contribution in [3.05, 3.63) is 29.7 Å². The average molecular weight is 402 g/mol. The summed E-state index contributed by atoms with van der Waals surface area (Å²) in [5.41, 5.74) is 5.17. The number of rotatable bonds is 5. The summed E-state index contributed by atoms with van der Waals surface area (Å²) in [6, 6.07) is 2.68. The Morgan fingerprint density at radius 2 is 1.97 bits per heavy atom. The van der Waals surface area contributed by atoms with E-state index < -0.39 is 42.0 Å². The third kappa shape index (κ3) is 3.65. The van der Waals surface area contributed by atoms with Gasteiger partial charge < -0.3 is 14.9 Å². The van der Waals surface area contributed by atoms with E-state index in [-0.39, 0.29) is 18.0 Å². The minimum absolute atomic E-state index is 0.0461. The minimum Gasteiger partial charge on any atom is -0.457 e. The molecule has 10 nitrogen and oxygen atoms in total. The number of nitrogens with two attached hydrogens (primary N) is 1. The predicted molar refractivity (Wildman–Crippen MR) is 100 cm³/mol. The van der Waals surface area contributed by atoms with Crippen LogP contribution in [0.5, 0.6) is 0 Å². The summed E-state index contributed by atoms with van der Waals surface area (Å²) in [6.45, 7) is 6.47. The van der Waals surface area contributed by atoms with Gasteiger partial charge in [0.1, 0.15) is 17.0 Å². The van der Waals surface area contributed by atoms with Gasteiger partial charge in [-0.15, -0.1) is 0 Å². The molecule has 1 aliphatic rings. The van der Waals surface area contributed by atoms with Crippen LogP contribution in [0.2, 0.25) is 0 Å². The second kappa shape index (κ2) is 7.19. The molecule has 0 unspecified atom stereocenters. The zero-order valence-electron chi connectivity index (χ0n) is 16.6. The first kappa shape index (κ1) is 20.3. The number of pyridine rings is 1. The number of carbonyl (C=O) groups is 4. The normalized spacial score (nSPS) is 17.3. The van der Waals surface area contributed by atoms with E-state index in [9.17, 15) is 19.2 Å². The van der Waals surface area contributed by atoms with Gasteiger partial charge in [0.05, 0.1) is 5.41 Å². The zero-order valence-corrected chi connectivity index (χ0v) is 16.6. The predicted octanol–water partition coefficient (Wildman–Crippen LogP) is 1.80. The van der Waals surface area contributed by atoms with Gasteiger partial charge in [-0.05, 0) is 39.8 Å². The molecule has 0 saturated carbocycles. The molecule has 0 aliphatic carbocycles. The van der Waals surface area contributed by atoms with Crippen molar-refractivity contribution >= 4 is 34.9 Å². The number of nitrogens with zero attached hydrogens (tertiary/aromatic N) is 3. The lowest BCUT2D eigenvalue weighted by Gasteiger charge is -2.23. The topological polar surface area (TPSA) is 136 Å². The van der Waals surface area contributed by atoms with Crippen LogP contribution in [-0.2, 0) is 14.3 Å². The lowest BCUT2D eigenvalue weighted by atomic mass is 9.97. The molecule has 0 radical (unpaired) electrons. The SMILES string of the molecule is CCN1C(=O)[C@H](c2cc3nc(C(N)=O)ccc3o2)N(COC(=O)C(C)(C)C)C1=O. The monoisotopic (exact) mass is 402 g/mol. The van der Waals surface area contributed by atoms with Crippen LogP contribution in [0.3, 0.4) is 0 Å². The lowest BCUT2D eigenvalue weighted by Crippen LogP contribution is -2.36. The fraction of sp³-hybridized carbons (Fsp3) is 0.421. The number of esters is 1. The summed E-state index contributed by atoms with van der Waals surface area (Å²) >= 11 is 0. The highest BCUT2D eigenvalue weighted by Crippen LogP contribution is 2.34. The maximum atomic E-state index is 12.8. The van der Waals surface area contributed by atoms with Crippen molar-refractivity contribution in [3.63, 3.8) is 0 Å². The van der Waals surface area contributed by atoms with Crippen LogP contribution in [-0.4, -0.2) is 51.9 Å². The maximum Gasteiger partial charge on any atom is 0.330 e. The van der Waals surface area contributed by atoms with Crippen LogP contribution < -0.4 is 5.73 Å². The molecule has 2 aromatic heterocycles. The molecule has 3 rings (SSSR count). The third-order valence-electron chi connectivity index (χ3n) is 4.47. The Balaban J connectivity index is 1.96. The fourth-order valence-corrected chi connectivity index (χ4v) is 2.90. The molecule has 2 N–H and O–H groups in total. The molecule has 1 aliphatic heterocycles. The summed E-state index contributed by atoms with van der Waals surface area (Å²) < 4.78 is 11.0. The van der Waals surface area contributed by atoms with Crippen molar-refractivity contribution in [1.82, 2.24) is 14.8 Å². The Morgan fingerprint density at radius 1 is 1.28 bits per heavy atom. The summed E-state index contributed by atoms with van der Waals surface area (Å²) in [4.78, 5) is 55.2. The number of imide groups is 1. The van der Waals surface area contributed by atoms with E-state index in [1.165, 1.54) is 18.2 Å². The number of hydrogen-bond acceptors (Lipinski definition) is 7. The highest BCUT2D eigenvalue weighted by molar-refractivity contribution is 6.04. The number of amides is 4. The van der Waals surface area contributed by atoms with Crippen LogP contribution in [0, 0.1) is 5.41 Å². The van der Waals surface area contributed by atoms with Gasteiger partial charge in [0.2, 0.25) is 0 Å². The smallest absolute Gasteiger partial charge is 0.330 e. The van der Waals surface area contributed by atoms with Gasteiger partial charge in [0.25, 0.3) is 11.8 Å². The van der Waals surface area contributed by atoms with Crippen molar-refractivity contribution in [2.24, 2.45) is 11.1 Å². The number of ether oxygens (including phenoxy) is 1. The van der Waals surface area contributed by atoms with Crippen molar-refractivity contribution < 1.29 is 28.3 Å². The first-order valence-corrected chi connectivity index (χ1v) is 9.04. The third-order valence-corrected chi connectivity index (χ3v) is 4.47. The van der Waals surface area contributed by atoms with Crippen molar-refractivity contribution in [1.29, 1.82) is 0 Å². The average Bonchev–Trinajstić information content (AvgIpc) is 3.15. The summed E-state index contributed by atoms with van der Waals surface area (Å²) in [5.74, 6) is -1.56. The molecule has 154 valence electrons. The molecule has 3 heterocycles. The first-order valence-electron chi connectivity index (χ1n) is 9.04. The number of furan rings is 1. The van der Waals surface area contributed by atoms with Gasteiger partial charge in [0.15, 0.2) is 18.4 Å². The number of likely N-dealkylation sites (N-methyl/N-ethyl adjacent to an activating group) is 1. The molecule has 4 amide bonds. The van der Waals surface area contributed by atoms with Crippen LogP contribution in [0.4, 0.5) is 4.79 Å². The number of hydrogen-bond donors (Lipinski definition) is 1. The molecule has 10 heteroatoms.